The smallest absolute Gasteiger partial charge is 0.234 e. The van der Waals surface area contributed by atoms with Gasteiger partial charge in [0.15, 0.2) is 5.16 Å². The van der Waals surface area contributed by atoms with Crippen molar-refractivity contribution in [1.82, 2.24) is 14.8 Å². The van der Waals surface area contributed by atoms with Crippen molar-refractivity contribution < 1.29 is 9.53 Å². The van der Waals surface area contributed by atoms with Gasteiger partial charge >= 0.3 is 0 Å². The highest BCUT2D eigenvalue weighted by Crippen LogP contribution is 2.28. The Hall–Kier alpha value is -1.64. The highest BCUT2D eigenvalue weighted by Gasteiger charge is 2.13. The number of halogens is 4. The molecule has 1 amide bonds. The predicted octanol–water partition coefficient (Wildman–Crippen LogP) is 6.17. The van der Waals surface area contributed by atoms with Crippen molar-refractivity contribution in [3.63, 3.8) is 0 Å². The number of nitrogens with one attached hydrogen (secondary N) is 1. The SMILES string of the molecule is Cn1c(CCCOc2ccc(Cl)cc2Cl)nnc1SCC(=O)Nc1cc(Cl)ccc1Cl. The number of carbonyl (C=O) groups is 1. The van der Waals surface area contributed by atoms with Gasteiger partial charge in [-0.05, 0) is 42.8 Å². The quantitative estimate of drug-likeness (QED) is 0.270. The van der Waals surface area contributed by atoms with Crippen LogP contribution in [-0.4, -0.2) is 33.0 Å². The molecule has 0 radical (unpaired) electrons. The number of amides is 1. The molecule has 0 saturated heterocycles. The summed E-state index contributed by atoms with van der Waals surface area (Å²) in [5, 5.41) is 13.7. The monoisotopic (exact) mass is 518 g/mol. The second kappa shape index (κ2) is 11.3. The number of hydrogen-bond donors (Lipinski definition) is 1. The summed E-state index contributed by atoms with van der Waals surface area (Å²) >= 11 is 25.3. The maximum Gasteiger partial charge on any atom is 0.234 e. The Morgan fingerprint density at radius 2 is 1.81 bits per heavy atom. The molecule has 0 spiro atoms. The molecule has 1 N–H and O–H groups in total. The molecule has 6 nitrogen and oxygen atoms in total. The van der Waals surface area contributed by atoms with E-state index in [2.05, 4.69) is 15.5 Å². The molecule has 2 aromatic carbocycles. The molecule has 0 saturated carbocycles. The van der Waals surface area contributed by atoms with E-state index < -0.39 is 0 Å². The highest BCUT2D eigenvalue weighted by atomic mass is 35.5. The Labute approximate surface area is 204 Å². The second-order valence-electron chi connectivity index (χ2n) is 6.45. The van der Waals surface area contributed by atoms with Crippen LogP contribution in [-0.2, 0) is 18.3 Å². The van der Waals surface area contributed by atoms with E-state index >= 15 is 0 Å². The molecule has 0 aliphatic heterocycles. The molecule has 3 rings (SSSR count). The number of aromatic nitrogens is 3. The maximum absolute atomic E-state index is 12.2. The highest BCUT2D eigenvalue weighted by molar-refractivity contribution is 7.99. The molecule has 0 unspecified atom stereocenters. The fourth-order valence-electron chi connectivity index (χ4n) is 2.60. The van der Waals surface area contributed by atoms with Crippen LogP contribution in [0.3, 0.4) is 0 Å². The van der Waals surface area contributed by atoms with Gasteiger partial charge in [0, 0.05) is 23.5 Å². The number of nitrogens with zero attached hydrogens (tertiary/aromatic N) is 3. The summed E-state index contributed by atoms with van der Waals surface area (Å²) in [6.07, 6.45) is 1.39. The standard InChI is InChI=1S/C20H18Cl4N4O2S/c1-28-18(3-2-8-30-17-7-5-12(21)9-15(17)24)26-27-20(28)31-11-19(29)25-16-10-13(22)4-6-14(16)23/h4-7,9-10H,2-3,8,11H2,1H3,(H,25,29). The first-order valence-corrected chi connectivity index (χ1v) is 11.7. The number of benzene rings is 2. The Morgan fingerprint density at radius 1 is 1.06 bits per heavy atom. The van der Waals surface area contributed by atoms with Gasteiger partial charge in [0.25, 0.3) is 0 Å². The minimum Gasteiger partial charge on any atom is -0.492 e. The topological polar surface area (TPSA) is 69.0 Å². The summed E-state index contributed by atoms with van der Waals surface area (Å²) in [4.78, 5) is 12.2. The van der Waals surface area contributed by atoms with Gasteiger partial charge in [-0.3, -0.25) is 4.79 Å². The molecular formula is C20H18Cl4N4O2S. The van der Waals surface area contributed by atoms with E-state index in [1.54, 1.807) is 36.4 Å². The predicted molar refractivity (Wildman–Crippen MR) is 127 cm³/mol. The number of hydrogen-bond acceptors (Lipinski definition) is 5. The molecular weight excluding hydrogens is 502 g/mol. The largest absolute Gasteiger partial charge is 0.492 e. The first-order valence-electron chi connectivity index (χ1n) is 9.17. The average molecular weight is 520 g/mol. The van der Waals surface area contributed by atoms with Crippen molar-refractivity contribution in [2.45, 2.75) is 18.0 Å². The number of thioether (sulfide) groups is 1. The normalized spacial score (nSPS) is 10.9. The Balaban J connectivity index is 1.46. The fourth-order valence-corrected chi connectivity index (χ4v) is 4.13. The fraction of sp³-hybridized carbons (Fsp3) is 0.250. The molecule has 1 aromatic heterocycles. The van der Waals surface area contributed by atoms with Gasteiger partial charge in [-0.2, -0.15) is 0 Å². The lowest BCUT2D eigenvalue weighted by molar-refractivity contribution is -0.113. The first-order chi connectivity index (χ1) is 14.8. The van der Waals surface area contributed by atoms with Crippen LogP contribution < -0.4 is 10.1 Å². The van der Waals surface area contributed by atoms with Crippen molar-refractivity contribution in [1.29, 1.82) is 0 Å². The Bertz CT molecular complexity index is 1080. The van der Waals surface area contributed by atoms with E-state index in [1.807, 2.05) is 11.6 Å². The molecule has 31 heavy (non-hydrogen) atoms. The van der Waals surface area contributed by atoms with Crippen LogP contribution >= 0.6 is 58.2 Å². The molecule has 0 aliphatic carbocycles. The van der Waals surface area contributed by atoms with Gasteiger partial charge in [-0.25, -0.2) is 0 Å². The van der Waals surface area contributed by atoms with Gasteiger partial charge in [-0.15, -0.1) is 10.2 Å². The van der Waals surface area contributed by atoms with Crippen LogP contribution in [0.1, 0.15) is 12.2 Å². The van der Waals surface area contributed by atoms with Crippen LogP contribution in [0.15, 0.2) is 41.6 Å². The third-order valence-electron chi connectivity index (χ3n) is 4.16. The lowest BCUT2D eigenvalue weighted by Gasteiger charge is -2.09. The zero-order valence-electron chi connectivity index (χ0n) is 16.4. The van der Waals surface area contributed by atoms with Crippen LogP contribution in [0, 0.1) is 0 Å². The minimum absolute atomic E-state index is 0.160. The van der Waals surface area contributed by atoms with E-state index in [0.717, 1.165) is 12.2 Å². The summed E-state index contributed by atoms with van der Waals surface area (Å²) < 4.78 is 7.55. The molecule has 1 heterocycles. The summed E-state index contributed by atoms with van der Waals surface area (Å²) in [5.74, 6) is 1.33. The van der Waals surface area contributed by atoms with Crippen LogP contribution in [0.5, 0.6) is 5.75 Å². The van der Waals surface area contributed by atoms with E-state index in [1.165, 1.54) is 11.8 Å². The molecule has 11 heteroatoms. The zero-order valence-corrected chi connectivity index (χ0v) is 20.2. The summed E-state index contributed by atoms with van der Waals surface area (Å²) in [6.45, 7) is 0.472. The summed E-state index contributed by atoms with van der Waals surface area (Å²) in [5.41, 5.74) is 0.471. The van der Waals surface area contributed by atoms with E-state index in [4.69, 9.17) is 51.1 Å². The van der Waals surface area contributed by atoms with Crippen LogP contribution in [0.4, 0.5) is 5.69 Å². The van der Waals surface area contributed by atoms with E-state index in [9.17, 15) is 4.79 Å². The molecule has 164 valence electrons. The Morgan fingerprint density at radius 3 is 2.58 bits per heavy atom. The molecule has 3 aromatic rings. The van der Waals surface area contributed by atoms with Crippen LogP contribution in [0.2, 0.25) is 20.1 Å². The third kappa shape index (κ3) is 6.92. The van der Waals surface area contributed by atoms with Crippen molar-refractivity contribution in [2.24, 2.45) is 7.05 Å². The lowest BCUT2D eigenvalue weighted by atomic mass is 10.3. The number of carbonyl (C=O) groups excluding carboxylic acids is 1. The first kappa shape index (κ1) is 24.0. The lowest BCUT2D eigenvalue weighted by Crippen LogP contribution is -2.15. The van der Waals surface area contributed by atoms with Gasteiger partial charge in [0.2, 0.25) is 5.91 Å². The molecule has 0 fully saturated rings. The van der Waals surface area contributed by atoms with Gasteiger partial charge in [-0.1, -0.05) is 58.2 Å². The van der Waals surface area contributed by atoms with Gasteiger partial charge in [0.05, 0.1) is 28.1 Å². The molecule has 0 atom stereocenters. The van der Waals surface area contributed by atoms with Crippen molar-refractivity contribution in [3.05, 3.63) is 62.3 Å². The van der Waals surface area contributed by atoms with E-state index in [-0.39, 0.29) is 11.7 Å². The number of aryl methyl sites for hydroxylation is 1. The van der Waals surface area contributed by atoms with Crippen LogP contribution in [0.25, 0.3) is 0 Å². The van der Waals surface area contributed by atoms with Crippen molar-refractivity contribution in [3.8, 4) is 5.75 Å². The second-order valence-corrected chi connectivity index (χ2v) is 9.08. The maximum atomic E-state index is 12.2. The van der Waals surface area contributed by atoms with Gasteiger partial charge < -0.3 is 14.6 Å². The minimum atomic E-state index is -0.216. The Kier molecular flexibility index (Phi) is 8.75. The summed E-state index contributed by atoms with van der Waals surface area (Å²) in [7, 11) is 1.86. The van der Waals surface area contributed by atoms with E-state index in [0.29, 0.717) is 49.7 Å². The van der Waals surface area contributed by atoms with Crippen molar-refractivity contribution in [2.75, 3.05) is 17.7 Å². The van der Waals surface area contributed by atoms with Gasteiger partial charge in [0.1, 0.15) is 11.6 Å². The third-order valence-corrected chi connectivity index (χ3v) is 6.27. The number of rotatable bonds is 9. The molecule has 0 aliphatic rings. The number of ether oxygens (including phenoxy) is 1. The zero-order chi connectivity index (χ0) is 22.4. The molecule has 0 bridgehead atoms. The van der Waals surface area contributed by atoms with Crippen molar-refractivity contribution >= 4 is 69.8 Å². The average Bonchev–Trinajstić information content (AvgIpc) is 3.07. The summed E-state index contributed by atoms with van der Waals surface area (Å²) in [6, 6.07) is 10.00. The number of anilines is 1.